The molecule has 0 aromatic carbocycles. The van der Waals surface area contributed by atoms with Crippen molar-refractivity contribution in [1.82, 2.24) is 4.98 Å². The maximum Gasteiger partial charge on any atom is 0.328 e. The summed E-state index contributed by atoms with van der Waals surface area (Å²) in [5.41, 5.74) is 0. The summed E-state index contributed by atoms with van der Waals surface area (Å²) < 4.78 is 0. The highest BCUT2D eigenvalue weighted by Crippen LogP contribution is 2.16. The molecule has 0 atom stereocenters. The maximum absolute atomic E-state index is 11.0. The quantitative estimate of drug-likeness (QED) is 0.733. The van der Waals surface area contributed by atoms with Crippen molar-refractivity contribution in [1.29, 1.82) is 0 Å². The average molecular weight is 212 g/mol. The van der Waals surface area contributed by atoms with E-state index in [0.717, 1.165) is 17.0 Å². The maximum atomic E-state index is 11.0. The van der Waals surface area contributed by atoms with Gasteiger partial charge in [0.25, 0.3) is 0 Å². The van der Waals surface area contributed by atoms with Crippen LogP contribution in [0.25, 0.3) is 0 Å². The fourth-order valence-electron chi connectivity index (χ4n) is 0.707. The van der Waals surface area contributed by atoms with E-state index in [0.29, 0.717) is 5.13 Å². The number of hydrogen-bond acceptors (Lipinski definition) is 4. The van der Waals surface area contributed by atoms with Gasteiger partial charge in [0.2, 0.25) is 5.91 Å². The lowest BCUT2D eigenvalue weighted by Gasteiger charge is -1.93. The Labute approximate surface area is 84.1 Å². The van der Waals surface area contributed by atoms with Crippen LogP contribution >= 0.6 is 11.3 Å². The fourth-order valence-corrected chi connectivity index (χ4v) is 1.37. The molecule has 0 bridgehead atoms. The Hall–Kier alpha value is -1.69. The summed E-state index contributed by atoms with van der Waals surface area (Å²) in [6.07, 6.45) is 3.34. The molecule has 0 aliphatic rings. The van der Waals surface area contributed by atoms with Crippen molar-refractivity contribution in [3.8, 4) is 0 Å². The van der Waals surface area contributed by atoms with Crippen molar-refractivity contribution in [3.05, 3.63) is 23.2 Å². The topological polar surface area (TPSA) is 79.3 Å². The van der Waals surface area contributed by atoms with Crippen molar-refractivity contribution in [2.24, 2.45) is 0 Å². The number of rotatable bonds is 3. The summed E-state index contributed by atoms with van der Waals surface area (Å²) in [5, 5.41) is 11.1. The molecule has 0 aliphatic heterocycles. The number of nitrogens with zero attached hydrogens (tertiary/aromatic N) is 1. The monoisotopic (exact) mass is 212 g/mol. The number of carboxylic acids is 1. The summed E-state index contributed by atoms with van der Waals surface area (Å²) >= 11 is 1.33. The third-order valence-electron chi connectivity index (χ3n) is 1.23. The van der Waals surface area contributed by atoms with Gasteiger partial charge < -0.3 is 5.11 Å². The molecule has 1 amide bonds. The second kappa shape index (κ2) is 4.52. The largest absolute Gasteiger partial charge is 0.478 e. The van der Waals surface area contributed by atoms with Gasteiger partial charge in [-0.15, -0.1) is 11.3 Å². The van der Waals surface area contributed by atoms with E-state index in [1.807, 2.05) is 6.92 Å². The van der Waals surface area contributed by atoms with Gasteiger partial charge in [0, 0.05) is 23.2 Å². The van der Waals surface area contributed by atoms with Crippen molar-refractivity contribution in [2.75, 3.05) is 5.32 Å². The molecule has 6 heteroatoms. The third kappa shape index (κ3) is 3.36. The van der Waals surface area contributed by atoms with Crippen LogP contribution in [0.3, 0.4) is 0 Å². The van der Waals surface area contributed by atoms with E-state index in [-0.39, 0.29) is 0 Å². The fraction of sp³-hybridized carbons (Fsp3) is 0.125. The molecule has 1 aromatic heterocycles. The number of aromatic nitrogens is 1. The molecule has 0 radical (unpaired) electrons. The van der Waals surface area contributed by atoms with E-state index in [1.54, 1.807) is 6.20 Å². The van der Waals surface area contributed by atoms with Crippen LogP contribution in [0.15, 0.2) is 18.3 Å². The number of anilines is 1. The van der Waals surface area contributed by atoms with Gasteiger partial charge in [-0.1, -0.05) is 0 Å². The summed E-state index contributed by atoms with van der Waals surface area (Å²) in [5.74, 6) is -1.66. The van der Waals surface area contributed by atoms with E-state index in [1.165, 1.54) is 11.3 Å². The first-order chi connectivity index (χ1) is 6.58. The van der Waals surface area contributed by atoms with Gasteiger partial charge in [-0.25, -0.2) is 9.78 Å². The molecule has 0 spiro atoms. The number of nitrogens with one attached hydrogen (secondary N) is 1. The van der Waals surface area contributed by atoms with Crippen LogP contribution < -0.4 is 5.32 Å². The van der Waals surface area contributed by atoms with Gasteiger partial charge in [-0.05, 0) is 6.92 Å². The predicted octanol–water partition coefficient (Wildman–Crippen LogP) is 1.03. The van der Waals surface area contributed by atoms with Gasteiger partial charge in [0.1, 0.15) is 0 Å². The van der Waals surface area contributed by atoms with E-state index in [4.69, 9.17) is 5.11 Å². The highest BCUT2D eigenvalue weighted by atomic mass is 32.1. The second-order valence-electron chi connectivity index (χ2n) is 2.44. The second-order valence-corrected chi connectivity index (χ2v) is 3.67. The molecular weight excluding hydrogens is 204 g/mol. The number of carbonyl (C=O) groups is 2. The molecule has 74 valence electrons. The van der Waals surface area contributed by atoms with Crippen LogP contribution in [0.4, 0.5) is 5.13 Å². The molecule has 2 N–H and O–H groups in total. The zero-order valence-electron chi connectivity index (χ0n) is 7.35. The molecule has 1 aromatic rings. The summed E-state index contributed by atoms with van der Waals surface area (Å²) in [4.78, 5) is 26.0. The van der Waals surface area contributed by atoms with Crippen molar-refractivity contribution < 1.29 is 14.7 Å². The van der Waals surface area contributed by atoms with Crippen molar-refractivity contribution in [2.45, 2.75) is 6.92 Å². The predicted molar refractivity (Wildman–Crippen MR) is 52.3 cm³/mol. The van der Waals surface area contributed by atoms with Gasteiger partial charge in [0.05, 0.1) is 0 Å². The molecule has 1 rings (SSSR count). The normalized spacial score (nSPS) is 10.4. The third-order valence-corrected chi connectivity index (χ3v) is 2.06. The minimum atomic E-state index is -1.16. The van der Waals surface area contributed by atoms with Crippen molar-refractivity contribution >= 4 is 28.3 Å². The summed E-state index contributed by atoms with van der Waals surface area (Å²) in [6, 6.07) is 0. The zero-order chi connectivity index (χ0) is 10.6. The van der Waals surface area contributed by atoms with Crippen molar-refractivity contribution in [3.63, 3.8) is 0 Å². The molecule has 0 saturated heterocycles. The van der Waals surface area contributed by atoms with E-state index < -0.39 is 11.9 Å². The van der Waals surface area contributed by atoms with Gasteiger partial charge in [-0.3, -0.25) is 10.1 Å². The summed E-state index contributed by atoms with van der Waals surface area (Å²) in [6.45, 7) is 1.86. The Balaban J connectivity index is 2.53. The highest BCUT2D eigenvalue weighted by molar-refractivity contribution is 7.15. The van der Waals surface area contributed by atoms with E-state index >= 15 is 0 Å². The number of carboxylic acid groups (broad SMARTS) is 1. The number of thiazole rings is 1. The average Bonchev–Trinajstić information content (AvgIpc) is 2.48. The summed E-state index contributed by atoms with van der Waals surface area (Å²) in [7, 11) is 0. The molecule has 14 heavy (non-hydrogen) atoms. The zero-order valence-corrected chi connectivity index (χ0v) is 8.17. The van der Waals surface area contributed by atoms with E-state index in [9.17, 15) is 9.59 Å². The van der Waals surface area contributed by atoms with Crippen LogP contribution in [-0.4, -0.2) is 22.0 Å². The Morgan fingerprint density at radius 3 is 2.79 bits per heavy atom. The Morgan fingerprint density at radius 2 is 2.29 bits per heavy atom. The molecule has 0 aliphatic carbocycles. The molecular formula is C8H8N2O3S. The lowest BCUT2D eigenvalue weighted by atomic mass is 10.5. The number of aryl methyl sites for hydroxylation is 1. The lowest BCUT2D eigenvalue weighted by molar-refractivity contribution is -0.131. The molecule has 0 fully saturated rings. The lowest BCUT2D eigenvalue weighted by Crippen LogP contribution is -2.08. The smallest absolute Gasteiger partial charge is 0.328 e. The van der Waals surface area contributed by atoms with Crippen LogP contribution in [0.2, 0.25) is 0 Å². The molecule has 0 unspecified atom stereocenters. The van der Waals surface area contributed by atoms with Gasteiger partial charge in [0.15, 0.2) is 5.13 Å². The first-order valence-electron chi connectivity index (χ1n) is 3.72. The van der Waals surface area contributed by atoms with E-state index in [2.05, 4.69) is 10.3 Å². The minimum Gasteiger partial charge on any atom is -0.478 e. The van der Waals surface area contributed by atoms with Crippen LogP contribution in [0, 0.1) is 6.92 Å². The molecule has 0 saturated carbocycles. The highest BCUT2D eigenvalue weighted by Gasteiger charge is 2.01. The Morgan fingerprint density at radius 1 is 1.57 bits per heavy atom. The number of amides is 1. The molecule has 1 heterocycles. The number of aliphatic carboxylic acids is 1. The SMILES string of the molecule is Cc1cnc(NC(=O)/C=C/C(=O)O)s1. The van der Waals surface area contributed by atoms with Crippen LogP contribution in [0.1, 0.15) is 4.88 Å². The van der Waals surface area contributed by atoms with Crippen LogP contribution in [-0.2, 0) is 9.59 Å². The Kier molecular flexibility index (Phi) is 3.35. The van der Waals surface area contributed by atoms with Gasteiger partial charge >= 0.3 is 5.97 Å². The molecule has 5 nitrogen and oxygen atoms in total. The number of carbonyl (C=O) groups excluding carboxylic acids is 1. The standard InChI is InChI=1S/C8H8N2O3S/c1-5-4-9-8(14-5)10-6(11)2-3-7(12)13/h2-4H,1H3,(H,12,13)(H,9,10,11)/b3-2+. The van der Waals surface area contributed by atoms with Gasteiger partial charge in [-0.2, -0.15) is 0 Å². The first kappa shape index (κ1) is 10.4. The first-order valence-corrected chi connectivity index (χ1v) is 4.54. The minimum absolute atomic E-state index is 0.461. The van der Waals surface area contributed by atoms with Crippen LogP contribution in [0.5, 0.6) is 0 Å². The Bertz CT molecular complexity index is 384. The number of hydrogen-bond donors (Lipinski definition) is 2.